The van der Waals surface area contributed by atoms with Crippen LogP contribution >= 0.6 is 0 Å². The molecular formula is C24H34N4O3. The number of amides is 4. The topological polar surface area (TPSA) is 90.5 Å². The molecule has 0 unspecified atom stereocenters. The maximum absolute atomic E-state index is 13.0. The third-order valence-corrected chi connectivity index (χ3v) is 6.97. The highest BCUT2D eigenvalue weighted by molar-refractivity contribution is 5.98. The molecule has 0 spiro atoms. The van der Waals surface area contributed by atoms with E-state index in [2.05, 4.69) is 29.8 Å². The summed E-state index contributed by atoms with van der Waals surface area (Å²) in [5, 5.41) is 8.74. The molecule has 2 heterocycles. The number of rotatable bonds is 5. The van der Waals surface area contributed by atoms with Crippen molar-refractivity contribution in [2.75, 3.05) is 11.9 Å². The lowest BCUT2D eigenvalue weighted by molar-refractivity contribution is -0.147. The number of nitrogens with one attached hydrogen (secondary N) is 3. The number of hydrogen-bond donors (Lipinski definition) is 3. The lowest BCUT2D eigenvalue weighted by atomic mass is 9.84. The van der Waals surface area contributed by atoms with E-state index in [4.69, 9.17) is 0 Å². The van der Waals surface area contributed by atoms with E-state index in [9.17, 15) is 14.4 Å². The molecule has 168 valence electrons. The number of urea groups is 1. The zero-order valence-corrected chi connectivity index (χ0v) is 18.5. The SMILES string of the molecule is CC(C)c1ccc(NC(=O)N[C@H]2C[C@H]3C(=O)N[C@@H](CC4CCCCC4)C(=O)N3C2)cc1. The van der Waals surface area contributed by atoms with Crippen molar-refractivity contribution in [2.24, 2.45) is 5.92 Å². The first-order valence-electron chi connectivity index (χ1n) is 11.7. The van der Waals surface area contributed by atoms with Crippen molar-refractivity contribution in [1.29, 1.82) is 0 Å². The van der Waals surface area contributed by atoms with Crippen LogP contribution in [0.4, 0.5) is 10.5 Å². The molecule has 3 atom stereocenters. The minimum Gasteiger partial charge on any atom is -0.342 e. The van der Waals surface area contributed by atoms with Gasteiger partial charge >= 0.3 is 6.03 Å². The van der Waals surface area contributed by atoms with E-state index in [1.807, 2.05) is 24.3 Å². The van der Waals surface area contributed by atoms with E-state index in [1.54, 1.807) is 4.90 Å². The summed E-state index contributed by atoms with van der Waals surface area (Å²) in [6, 6.07) is 6.35. The molecule has 31 heavy (non-hydrogen) atoms. The second-order valence-corrected chi connectivity index (χ2v) is 9.62. The van der Waals surface area contributed by atoms with Gasteiger partial charge < -0.3 is 20.9 Å². The number of nitrogens with zero attached hydrogens (tertiary/aromatic N) is 1. The van der Waals surface area contributed by atoms with Crippen LogP contribution in [0.3, 0.4) is 0 Å². The largest absolute Gasteiger partial charge is 0.342 e. The Morgan fingerprint density at radius 3 is 2.52 bits per heavy atom. The first-order chi connectivity index (χ1) is 14.9. The number of carbonyl (C=O) groups is 3. The van der Waals surface area contributed by atoms with Gasteiger partial charge in [0.2, 0.25) is 11.8 Å². The molecule has 0 aromatic heterocycles. The normalized spacial score (nSPS) is 26.5. The van der Waals surface area contributed by atoms with Crippen molar-refractivity contribution in [2.45, 2.75) is 82.8 Å². The Kier molecular flexibility index (Phi) is 6.49. The van der Waals surface area contributed by atoms with Gasteiger partial charge in [-0.1, -0.05) is 58.1 Å². The molecular weight excluding hydrogens is 392 g/mol. The highest BCUT2D eigenvalue weighted by atomic mass is 16.2. The van der Waals surface area contributed by atoms with Crippen molar-refractivity contribution in [3.05, 3.63) is 29.8 Å². The zero-order valence-electron chi connectivity index (χ0n) is 18.5. The van der Waals surface area contributed by atoms with Gasteiger partial charge in [0, 0.05) is 12.2 Å². The predicted molar refractivity (Wildman–Crippen MR) is 120 cm³/mol. The lowest BCUT2D eigenvalue weighted by Gasteiger charge is -2.36. The maximum atomic E-state index is 13.0. The minimum atomic E-state index is -0.481. The summed E-state index contributed by atoms with van der Waals surface area (Å²) in [7, 11) is 0. The van der Waals surface area contributed by atoms with Gasteiger partial charge in [-0.25, -0.2) is 4.79 Å². The van der Waals surface area contributed by atoms with Crippen LogP contribution in [0, 0.1) is 5.92 Å². The number of anilines is 1. The first-order valence-corrected chi connectivity index (χ1v) is 11.7. The average molecular weight is 427 g/mol. The molecule has 1 aromatic carbocycles. The van der Waals surface area contributed by atoms with Crippen LogP contribution in [0.2, 0.25) is 0 Å². The first kappa shape index (κ1) is 21.7. The van der Waals surface area contributed by atoms with Crippen LogP contribution in [-0.2, 0) is 9.59 Å². The average Bonchev–Trinajstić information content (AvgIpc) is 3.17. The van der Waals surface area contributed by atoms with Gasteiger partial charge in [0.1, 0.15) is 12.1 Å². The van der Waals surface area contributed by atoms with Gasteiger partial charge in [-0.2, -0.15) is 0 Å². The van der Waals surface area contributed by atoms with Gasteiger partial charge in [-0.15, -0.1) is 0 Å². The fourth-order valence-corrected chi connectivity index (χ4v) is 5.18. The van der Waals surface area contributed by atoms with Crippen molar-refractivity contribution in [3.8, 4) is 0 Å². The quantitative estimate of drug-likeness (QED) is 0.674. The molecule has 1 aromatic rings. The molecule has 7 heteroatoms. The Hall–Kier alpha value is -2.57. The number of piperazine rings is 1. The van der Waals surface area contributed by atoms with Crippen molar-refractivity contribution in [3.63, 3.8) is 0 Å². The van der Waals surface area contributed by atoms with E-state index in [0.29, 0.717) is 24.8 Å². The molecule has 2 aliphatic heterocycles. The summed E-state index contributed by atoms with van der Waals surface area (Å²) >= 11 is 0. The molecule has 0 radical (unpaired) electrons. The second-order valence-electron chi connectivity index (χ2n) is 9.62. The molecule has 3 N–H and O–H groups in total. The number of hydrogen-bond acceptors (Lipinski definition) is 3. The van der Waals surface area contributed by atoms with Crippen LogP contribution in [0.25, 0.3) is 0 Å². The maximum Gasteiger partial charge on any atom is 0.319 e. The molecule has 1 saturated carbocycles. The minimum absolute atomic E-state index is 0.00385. The second kappa shape index (κ2) is 9.28. The number of benzene rings is 1. The van der Waals surface area contributed by atoms with Crippen LogP contribution in [0.15, 0.2) is 24.3 Å². The fraction of sp³-hybridized carbons (Fsp3) is 0.625. The van der Waals surface area contributed by atoms with Crippen molar-refractivity contribution >= 4 is 23.5 Å². The molecule has 2 saturated heterocycles. The summed E-state index contributed by atoms with van der Waals surface area (Å²) in [4.78, 5) is 39.8. The Balaban J connectivity index is 1.31. The van der Waals surface area contributed by atoms with Gasteiger partial charge in [0.15, 0.2) is 0 Å². The van der Waals surface area contributed by atoms with Crippen molar-refractivity contribution < 1.29 is 14.4 Å². The lowest BCUT2D eigenvalue weighted by Crippen LogP contribution is -2.61. The smallest absolute Gasteiger partial charge is 0.319 e. The predicted octanol–water partition coefficient (Wildman–Crippen LogP) is 3.37. The van der Waals surface area contributed by atoms with Gasteiger partial charge in [-0.3, -0.25) is 9.59 Å². The summed E-state index contributed by atoms with van der Waals surface area (Å²) in [6.07, 6.45) is 7.18. The highest BCUT2D eigenvalue weighted by Crippen LogP contribution is 2.30. The Morgan fingerprint density at radius 1 is 1.13 bits per heavy atom. The molecule has 7 nitrogen and oxygen atoms in total. The molecule has 3 fully saturated rings. The molecule has 3 aliphatic rings. The van der Waals surface area contributed by atoms with E-state index < -0.39 is 12.1 Å². The van der Waals surface area contributed by atoms with E-state index in [-0.39, 0.29) is 23.9 Å². The Bertz CT molecular complexity index is 817. The molecule has 1 aliphatic carbocycles. The van der Waals surface area contributed by atoms with Crippen LogP contribution in [0.5, 0.6) is 0 Å². The Labute approximate surface area is 184 Å². The fourth-order valence-electron chi connectivity index (χ4n) is 5.18. The van der Waals surface area contributed by atoms with Crippen LogP contribution in [-0.4, -0.2) is 47.4 Å². The number of fused-ring (bicyclic) bond motifs is 1. The van der Waals surface area contributed by atoms with E-state index >= 15 is 0 Å². The monoisotopic (exact) mass is 426 g/mol. The van der Waals surface area contributed by atoms with E-state index in [0.717, 1.165) is 24.9 Å². The summed E-state index contributed by atoms with van der Waals surface area (Å²) in [5.41, 5.74) is 1.94. The van der Waals surface area contributed by atoms with Crippen LogP contribution in [0.1, 0.15) is 70.3 Å². The van der Waals surface area contributed by atoms with Crippen LogP contribution < -0.4 is 16.0 Å². The van der Waals surface area contributed by atoms with Gasteiger partial charge in [0.05, 0.1) is 6.04 Å². The van der Waals surface area contributed by atoms with Crippen molar-refractivity contribution in [1.82, 2.24) is 15.5 Å². The summed E-state index contributed by atoms with van der Waals surface area (Å²) < 4.78 is 0. The third kappa shape index (κ3) is 5.02. The standard InChI is InChI=1S/C24H34N4O3/c1-15(2)17-8-10-18(11-9-17)25-24(31)26-19-13-21-22(29)27-20(23(30)28(21)14-19)12-16-6-4-3-5-7-16/h8-11,15-16,19-21H,3-7,12-14H2,1-2H3,(H,27,29)(H2,25,26,31)/t19-,20-,21-/m0/s1. The zero-order chi connectivity index (χ0) is 22.0. The molecule has 4 rings (SSSR count). The van der Waals surface area contributed by atoms with E-state index in [1.165, 1.54) is 24.8 Å². The molecule has 0 bridgehead atoms. The molecule has 4 amide bonds. The number of carbonyl (C=O) groups excluding carboxylic acids is 3. The summed E-state index contributed by atoms with van der Waals surface area (Å²) in [6.45, 7) is 4.64. The summed E-state index contributed by atoms with van der Waals surface area (Å²) in [5.74, 6) is 0.867. The Morgan fingerprint density at radius 2 is 1.84 bits per heavy atom. The van der Waals surface area contributed by atoms with Gasteiger partial charge in [-0.05, 0) is 42.4 Å². The third-order valence-electron chi connectivity index (χ3n) is 6.97. The van der Waals surface area contributed by atoms with Gasteiger partial charge in [0.25, 0.3) is 0 Å². The highest BCUT2D eigenvalue weighted by Gasteiger charge is 2.47.